The Hall–Kier alpha value is -12.0. The molecule has 0 amide bonds. The number of fused-ring (bicyclic) bond motifs is 10. The topological polar surface area (TPSA) is 6.48 Å². The molecule has 0 aromatic heterocycles. The number of anilines is 6. The van der Waals surface area contributed by atoms with Crippen molar-refractivity contribution in [3.8, 4) is 66.8 Å². The average Bonchev–Trinajstić information content (AvgIpc) is 1.62. The normalized spacial score (nSPS) is 13.9. The van der Waals surface area contributed by atoms with Crippen molar-refractivity contribution in [2.24, 2.45) is 0 Å². The fraction of sp³-hybridized carbons (Fsp3) is 0.0625. The molecule has 4 aliphatic rings. The van der Waals surface area contributed by atoms with Crippen LogP contribution in [0.4, 0.5) is 34.1 Å². The van der Waals surface area contributed by atoms with Gasteiger partial charge in [0.2, 0.25) is 0 Å². The van der Waals surface area contributed by atoms with Crippen molar-refractivity contribution in [1.29, 1.82) is 0 Å². The first-order valence-corrected chi connectivity index (χ1v) is 34.8. The molecule has 0 fully saturated rings. The average molecular weight is 1260 g/mol. The second-order valence-electron chi connectivity index (χ2n) is 28.2. The van der Waals surface area contributed by atoms with E-state index in [1.54, 1.807) is 0 Å². The van der Waals surface area contributed by atoms with Crippen LogP contribution in [0, 0.1) is 0 Å². The van der Waals surface area contributed by atoms with Gasteiger partial charge >= 0.3 is 0 Å². The molecule has 15 aromatic carbocycles. The SMILES string of the molecule is CC(C)(C)c1cc2c3c(c1)N(c1cccc4c1-c1cc(-c5ccccc5)ccc1C4(c1ccccc1)c1ccccc1)c1ccc(-c4ccccc4)cc1B3c1cc(-c3ccccc3)ccc1N2c1cccc2c1-c1cc(-c3ccccc3)ccc1C2(c1ccccc1)c1ccccc1. The van der Waals surface area contributed by atoms with Crippen LogP contribution in [0.1, 0.15) is 70.8 Å². The smallest absolute Gasteiger partial charge is 0.252 e. The molecule has 0 N–H and O–H groups in total. The van der Waals surface area contributed by atoms with E-state index in [4.69, 9.17) is 0 Å². The van der Waals surface area contributed by atoms with E-state index < -0.39 is 10.8 Å². The third-order valence-corrected chi connectivity index (χ3v) is 21.9. The highest BCUT2D eigenvalue weighted by Gasteiger charge is 2.52. The molecule has 0 saturated carbocycles. The highest BCUT2D eigenvalue weighted by molar-refractivity contribution is 7.00. The van der Waals surface area contributed by atoms with Gasteiger partial charge in [-0.2, -0.15) is 0 Å². The van der Waals surface area contributed by atoms with Gasteiger partial charge in [0, 0.05) is 33.9 Å². The van der Waals surface area contributed by atoms with Gasteiger partial charge in [-0.3, -0.25) is 0 Å². The summed E-state index contributed by atoms with van der Waals surface area (Å²) in [5.74, 6) is 0. The van der Waals surface area contributed by atoms with Gasteiger partial charge in [0.1, 0.15) is 0 Å². The first-order valence-electron chi connectivity index (χ1n) is 34.8. The highest BCUT2D eigenvalue weighted by Crippen LogP contribution is 2.63. The van der Waals surface area contributed by atoms with Crippen molar-refractivity contribution in [2.75, 3.05) is 9.80 Å². The number of hydrogen-bond acceptors (Lipinski definition) is 2. The minimum atomic E-state index is -0.661. The summed E-state index contributed by atoms with van der Waals surface area (Å²) >= 11 is 0. The standard InChI is InChI=1S/C96H69BN2/c1-94(2,3)76-62-89-93-90(63-76)99(88-49-29-47-82-92(88)78-59-69(65-32-14-5-15-33-65)51-55-80(78)96(82,74-42-24-10-25-43-74)75-44-26-11-27-45-75)86-57-53-71(67-36-18-7-19-37-67)61-84(86)97(93)83-60-70(66-34-16-6-17-35-66)52-56-85(83)98(89)87-48-28-46-81-91(87)77-58-68(64-30-12-4-13-31-64)50-54-79(77)95(81,72-38-20-8-21-39-72)73-40-22-9-23-41-73/h4-63H,1-3H3. The van der Waals surface area contributed by atoms with Crippen LogP contribution in [0.15, 0.2) is 364 Å². The van der Waals surface area contributed by atoms with Gasteiger partial charge in [0.15, 0.2) is 0 Å². The predicted octanol–water partition coefficient (Wildman–Crippen LogP) is 22.5. The largest absolute Gasteiger partial charge is 0.311 e. The number of nitrogens with zero attached hydrogens (tertiary/aromatic N) is 2. The molecule has 466 valence electrons. The minimum absolute atomic E-state index is 0.197. The molecule has 2 nitrogen and oxygen atoms in total. The first kappa shape index (κ1) is 58.3. The Morgan fingerprint density at radius 3 is 0.869 bits per heavy atom. The van der Waals surface area contributed by atoms with Crippen LogP contribution < -0.4 is 26.2 Å². The van der Waals surface area contributed by atoms with Crippen molar-refractivity contribution in [3.05, 3.63) is 414 Å². The van der Waals surface area contributed by atoms with Gasteiger partial charge in [-0.15, -0.1) is 0 Å². The zero-order valence-electron chi connectivity index (χ0n) is 55.6. The maximum Gasteiger partial charge on any atom is 0.252 e. The molecule has 15 aromatic rings. The van der Waals surface area contributed by atoms with E-state index in [1.807, 2.05) is 0 Å². The third-order valence-electron chi connectivity index (χ3n) is 21.9. The Morgan fingerprint density at radius 1 is 0.242 bits per heavy atom. The number of rotatable bonds is 10. The van der Waals surface area contributed by atoms with Gasteiger partial charge in [-0.1, -0.05) is 336 Å². The van der Waals surface area contributed by atoms with Crippen LogP contribution in [0.3, 0.4) is 0 Å². The highest BCUT2D eigenvalue weighted by atomic mass is 15.2. The molecule has 0 saturated heterocycles. The van der Waals surface area contributed by atoms with Crippen molar-refractivity contribution < 1.29 is 0 Å². The lowest BCUT2D eigenvalue weighted by Crippen LogP contribution is -2.61. The van der Waals surface area contributed by atoms with E-state index in [-0.39, 0.29) is 12.1 Å². The fourth-order valence-electron chi connectivity index (χ4n) is 17.6. The Balaban J connectivity index is 0.954. The number of benzene rings is 15. The lowest BCUT2D eigenvalue weighted by Gasteiger charge is -2.46. The van der Waals surface area contributed by atoms with Crippen LogP contribution >= 0.6 is 0 Å². The monoisotopic (exact) mass is 1260 g/mol. The van der Waals surface area contributed by atoms with E-state index >= 15 is 0 Å². The second-order valence-corrected chi connectivity index (χ2v) is 28.2. The van der Waals surface area contributed by atoms with Gasteiger partial charge < -0.3 is 9.80 Å². The Morgan fingerprint density at radius 2 is 0.545 bits per heavy atom. The quantitative estimate of drug-likeness (QED) is 0.126. The van der Waals surface area contributed by atoms with Crippen LogP contribution in [-0.4, -0.2) is 6.71 Å². The van der Waals surface area contributed by atoms with Crippen molar-refractivity contribution in [2.45, 2.75) is 37.0 Å². The Kier molecular flexibility index (Phi) is 13.4. The Labute approximate surface area is 581 Å². The molecule has 99 heavy (non-hydrogen) atoms. The molecule has 0 radical (unpaired) electrons. The lowest BCUT2D eigenvalue weighted by molar-refractivity contribution is 0.590. The van der Waals surface area contributed by atoms with Crippen LogP contribution in [-0.2, 0) is 16.2 Å². The second kappa shape index (κ2) is 22.8. The number of hydrogen-bond donors (Lipinski definition) is 0. The summed E-state index contributed by atoms with van der Waals surface area (Å²) in [6.45, 7) is 6.98. The summed E-state index contributed by atoms with van der Waals surface area (Å²) in [4.78, 5) is 5.41. The summed E-state index contributed by atoms with van der Waals surface area (Å²) in [6.07, 6.45) is 0. The van der Waals surface area contributed by atoms with Gasteiger partial charge in [0.25, 0.3) is 6.71 Å². The van der Waals surface area contributed by atoms with Gasteiger partial charge in [-0.25, -0.2) is 0 Å². The maximum absolute atomic E-state index is 2.70. The zero-order valence-corrected chi connectivity index (χ0v) is 55.6. The molecule has 2 heterocycles. The minimum Gasteiger partial charge on any atom is -0.311 e. The summed E-state index contributed by atoms with van der Waals surface area (Å²) < 4.78 is 0. The van der Waals surface area contributed by atoms with Crippen LogP contribution in [0.25, 0.3) is 66.8 Å². The fourth-order valence-corrected chi connectivity index (χ4v) is 17.6. The predicted molar refractivity (Wildman–Crippen MR) is 416 cm³/mol. The molecule has 2 aliphatic carbocycles. The molecule has 0 unspecified atom stereocenters. The van der Waals surface area contributed by atoms with E-state index in [0.717, 1.165) is 11.4 Å². The molecule has 0 spiro atoms. The van der Waals surface area contributed by atoms with E-state index in [2.05, 4.69) is 395 Å². The molecular weight excluding hydrogens is 1190 g/mol. The van der Waals surface area contributed by atoms with Gasteiger partial charge in [0.05, 0.1) is 22.2 Å². The molecular formula is C96H69BN2. The van der Waals surface area contributed by atoms with Crippen LogP contribution in [0.2, 0.25) is 0 Å². The van der Waals surface area contributed by atoms with Crippen LogP contribution in [0.5, 0.6) is 0 Å². The van der Waals surface area contributed by atoms with Crippen molar-refractivity contribution in [3.63, 3.8) is 0 Å². The maximum atomic E-state index is 2.70. The van der Waals surface area contributed by atoms with E-state index in [0.29, 0.717) is 0 Å². The lowest BCUT2D eigenvalue weighted by atomic mass is 9.33. The molecule has 2 aliphatic heterocycles. The summed E-state index contributed by atoms with van der Waals surface area (Å²) in [5.41, 5.74) is 34.8. The zero-order chi connectivity index (χ0) is 66.0. The third kappa shape index (κ3) is 8.83. The van der Waals surface area contributed by atoms with Crippen molar-refractivity contribution >= 4 is 57.2 Å². The van der Waals surface area contributed by atoms with Crippen molar-refractivity contribution in [1.82, 2.24) is 0 Å². The molecule has 0 atom stereocenters. The summed E-state index contributed by atoms with van der Waals surface area (Å²) in [5, 5.41) is 0. The summed E-state index contributed by atoms with van der Waals surface area (Å²) in [7, 11) is 0. The molecule has 0 bridgehead atoms. The first-order chi connectivity index (χ1) is 48.8. The molecule has 19 rings (SSSR count). The summed E-state index contributed by atoms with van der Waals surface area (Å²) in [6, 6.07) is 138. The van der Waals surface area contributed by atoms with E-state index in [1.165, 1.54) is 156 Å². The molecule has 3 heteroatoms. The Bertz CT molecular complexity index is 5210. The van der Waals surface area contributed by atoms with Gasteiger partial charge in [-0.05, 0) is 176 Å². The van der Waals surface area contributed by atoms with E-state index in [9.17, 15) is 0 Å².